The van der Waals surface area contributed by atoms with Gasteiger partial charge >= 0.3 is 5.97 Å². The number of aliphatic imine (C=N–C) groups is 1. The number of rotatable bonds is 2. The summed E-state index contributed by atoms with van der Waals surface area (Å²) in [7, 11) is 0. The molecule has 0 fully saturated rings. The Bertz CT molecular complexity index is 1120. The first-order chi connectivity index (χ1) is 13.8. The van der Waals surface area contributed by atoms with Crippen molar-refractivity contribution in [2.24, 2.45) is 4.99 Å². The molecule has 1 unspecified atom stereocenters. The van der Waals surface area contributed by atoms with Crippen molar-refractivity contribution in [1.29, 1.82) is 10.5 Å². The number of hydrogen-bond acceptors (Lipinski definition) is 10. The Morgan fingerprint density at radius 3 is 2.48 bits per heavy atom. The summed E-state index contributed by atoms with van der Waals surface area (Å²) in [4.78, 5) is 20.1. The number of anilines is 3. The number of carbonyl (C=O) groups excluding carboxylic acids is 1. The minimum atomic E-state index is -0.661. The summed E-state index contributed by atoms with van der Waals surface area (Å²) in [6, 6.07) is 4.91. The first-order valence-electron chi connectivity index (χ1n) is 8.55. The molecule has 0 radical (unpaired) electrons. The molecule has 0 spiro atoms. The smallest absolute Gasteiger partial charge is 0.308 e. The Hall–Kier alpha value is -4.31. The lowest BCUT2D eigenvalue weighted by Crippen LogP contribution is -2.32. The number of aryl methyl sites for hydroxylation is 2. The Morgan fingerprint density at radius 1 is 1.28 bits per heavy atom. The van der Waals surface area contributed by atoms with Crippen molar-refractivity contribution in [1.82, 2.24) is 10.3 Å². The number of benzene rings is 1. The molecule has 0 saturated heterocycles. The average molecular weight is 390 g/mol. The van der Waals surface area contributed by atoms with Crippen LogP contribution in [0, 0.1) is 36.6 Å². The first-order valence-corrected chi connectivity index (χ1v) is 8.55. The summed E-state index contributed by atoms with van der Waals surface area (Å²) in [6.07, 6.45) is 1.80. The van der Waals surface area contributed by atoms with E-state index in [0.29, 0.717) is 17.1 Å². The van der Waals surface area contributed by atoms with Gasteiger partial charge in [0.2, 0.25) is 5.96 Å². The van der Waals surface area contributed by atoms with Gasteiger partial charge in [-0.2, -0.15) is 10.5 Å². The van der Waals surface area contributed by atoms with E-state index in [-0.39, 0.29) is 23.0 Å². The molecule has 10 nitrogen and oxygen atoms in total. The number of hydrogen-bond donors (Lipinski definition) is 4. The van der Waals surface area contributed by atoms with Crippen LogP contribution in [-0.4, -0.2) is 16.9 Å². The van der Waals surface area contributed by atoms with E-state index < -0.39 is 12.0 Å². The molecule has 1 atom stereocenters. The Balaban J connectivity index is 2.23. The fraction of sp³-hybridized carbons (Fsp3) is 0.211. The summed E-state index contributed by atoms with van der Waals surface area (Å²) >= 11 is 0. The topological polar surface area (TPSA) is 175 Å². The lowest BCUT2D eigenvalue weighted by molar-refractivity contribution is -0.131. The number of pyridine rings is 1. The van der Waals surface area contributed by atoms with E-state index >= 15 is 0 Å². The van der Waals surface area contributed by atoms with Crippen LogP contribution in [0.25, 0.3) is 0 Å². The predicted molar refractivity (Wildman–Crippen MR) is 107 cm³/mol. The fourth-order valence-electron chi connectivity index (χ4n) is 3.27. The third-order valence-electron chi connectivity index (χ3n) is 4.40. The summed E-state index contributed by atoms with van der Waals surface area (Å²) in [6.45, 7) is 4.95. The Labute approximate surface area is 166 Å². The molecule has 0 bridgehead atoms. The van der Waals surface area contributed by atoms with Gasteiger partial charge in [0.15, 0.2) is 6.19 Å². The highest BCUT2D eigenvalue weighted by Crippen LogP contribution is 2.41. The predicted octanol–water partition coefficient (Wildman–Crippen LogP) is 1.60. The van der Waals surface area contributed by atoms with Crippen LogP contribution in [0.4, 0.5) is 17.3 Å². The van der Waals surface area contributed by atoms with E-state index in [2.05, 4.69) is 20.6 Å². The number of esters is 1. The van der Waals surface area contributed by atoms with Crippen LogP contribution in [-0.2, 0) is 4.79 Å². The maximum Gasteiger partial charge on any atom is 0.308 e. The van der Waals surface area contributed by atoms with Crippen molar-refractivity contribution < 1.29 is 9.53 Å². The van der Waals surface area contributed by atoms with Gasteiger partial charge in [0, 0.05) is 12.5 Å². The van der Waals surface area contributed by atoms with Gasteiger partial charge in [-0.05, 0) is 42.7 Å². The normalized spacial score (nSPS) is 14.5. The van der Waals surface area contributed by atoms with Gasteiger partial charge in [0.05, 0.1) is 5.69 Å². The highest BCUT2D eigenvalue weighted by molar-refractivity contribution is 5.98. The molecule has 146 valence electrons. The van der Waals surface area contributed by atoms with Gasteiger partial charge in [-0.1, -0.05) is 0 Å². The van der Waals surface area contributed by atoms with Gasteiger partial charge in [0.1, 0.15) is 35.1 Å². The molecule has 1 aromatic heterocycles. The molecule has 29 heavy (non-hydrogen) atoms. The van der Waals surface area contributed by atoms with E-state index in [1.54, 1.807) is 32.2 Å². The fourth-order valence-corrected chi connectivity index (χ4v) is 3.27. The van der Waals surface area contributed by atoms with Crippen molar-refractivity contribution in [3.63, 3.8) is 0 Å². The Morgan fingerprint density at radius 2 is 1.93 bits per heavy atom. The lowest BCUT2D eigenvalue weighted by atomic mass is 9.92. The Kier molecular flexibility index (Phi) is 4.94. The number of guanidine groups is 1. The van der Waals surface area contributed by atoms with Gasteiger partial charge in [-0.15, -0.1) is 0 Å². The second kappa shape index (κ2) is 7.37. The third-order valence-corrected chi connectivity index (χ3v) is 4.40. The van der Waals surface area contributed by atoms with E-state index in [1.165, 1.54) is 6.92 Å². The largest absolute Gasteiger partial charge is 0.426 e. The molecule has 2 heterocycles. The first kappa shape index (κ1) is 19.5. The number of nitrogens with two attached hydrogens (primary N) is 2. The molecule has 10 heteroatoms. The number of nitriles is 2. The van der Waals surface area contributed by atoms with E-state index in [9.17, 15) is 10.1 Å². The zero-order chi connectivity index (χ0) is 21.3. The van der Waals surface area contributed by atoms with Crippen molar-refractivity contribution in [3.05, 3.63) is 39.9 Å². The van der Waals surface area contributed by atoms with Crippen molar-refractivity contribution in [3.8, 4) is 18.0 Å². The van der Waals surface area contributed by atoms with Gasteiger partial charge in [-0.3, -0.25) is 10.1 Å². The van der Waals surface area contributed by atoms with Crippen LogP contribution in [0.15, 0.2) is 17.1 Å². The zero-order valence-corrected chi connectivity index (χ0v) is 16.0. The van der Waals surface area contributed by atoms with E-state index in [4.69, 9.17) is 21.5 Å². The molecule has 3 rings (SSSR count). The monoisotopic (exact) mass is 390 g/mol. The zero-order valence-electron chi connectivity index (χ0n) is 16.0. The number of fused-ring (bicyclic) bond motifs is 1. The van der Waals surface area contributed by atoms with Crippen LogP contribution in [0.1, 0.15) is 40.8 Å². The number of aromatic nitrogens is 1. The lowest BCUT2D eigenvalue weighted by Gasteiger charge is -2.27. The molecule has 0 amide bonds. The molecule has 1 aliphatic rings. The number of carbonyl (C=O) groups is 1. The van der Waals surface area contributed by atoms with E-state index in [1.807, 2.05) is 6.07 Å². The highest BCUT2D eigenvalue weighted by Gasteiger charge is 2.30. The van der Waals surface area contributed by atoms with Gasteiger partial charge in [0.25, 0.3) is 0 Å². The number of nitrogen functional groups attached to an aromatic ring is 2. The van der Waals surface area contributed by atoms with E-state index in [0.717, 1.165) is 16.7 Å². The number of nitrogens with one attached hydrogen (secondary N) is 2. The van der Waals surface area contributed by atoms with Crippen LogP contribution < -0.4 is 26.8 Å². The second-order valence-corrected chi connectivity index (χ2v) is 6.48. The molecule has 0 aliphatic carbocycles. The number of ether oxygens (including phenoxy) is 1. The van der Waals surface area contributed by atoms with Crippen molar-refractivity contribution >= 4 is 29.3 Å². The molecule has 1 aromatic carbocycles. The summed E-state index contributed by atoms with van der Waals surface area (Å²) in [5.41, 5.74) is 14.9. The maximum absolute atomic E-state index is 11.4. The third kappa shape index (κ3) is 3.47. The standard InChI is InChI=1S/C19H18N8O2/c1-8-4-11(5-9(2)16(8)29-10(3)28)15-13-14(22)12(6-20)17(23)26-18(13)27-19(25-15)24-7-21/h4-5,15H,1-3H3,(H6,22,23,24,25,26,27). The van der Waals surface area contributed by atoms with Gasteiger partial charge in [-0.25, -0.2) is 9.98 Å². The SMILES string of the molecule is CC(=O)Oc1c(C)cc(C2N=C(NC#N)Nc3nc(N)c(C#N)c(N)c32)cc1C. The maximum atomic E-state index is 11.4. The molecular weight excluding hydrogens is 372 g/mol. The highest BCUT2D eigenvalue weighted by atomic mass is 16.5. The van der Waals surface area contributed by atoms with Crippen LogP contribution >= 0.6 is 0 Å². The number of nitrogens with zero attached hydrogens (tertiary/aromatic N) is 4. The summed E-state index contributed by atoms with van der Waals surface area (Å²) in [5.74, 6) is 0.496. The molecule has 2 aromatic rings. The van der Waals surface area contributed by atoms with Crippen LogP contribution in [0.2, 0.25) is 0 Å². The van der Waals surface area contributed by atoms with Gasteiger partial charge < -0.3 is 21.5 Å². The molecule has 1 aliphatic heterocycles. The quantitative estimate of drug-likeness (QED) is 0.257. The summed E-state index contributed by atoms with van der Waals surface area (Å²) < 4.78 is 5.28. The molecule has 0 saturated carbocycles. The molecule has 6 N–H and O–H groups in total. The second-order valence-electron chi connectivity index (χ2n) is 6.48. The van der Waals surface area contributed by atoms with Crippen LogP contribution in [0.3, 0.4) is 0 Å². The van der Waals surface area contributed by atoms with Crippen molar-refractivity contribution in [2.75, 3.05) is 16.8 Å². The summed E-state index contributed by atoms with van der Waals surface area (Å²) in [5, 5.41) is 23.7. The average Bonchev–Trinajstić information content (AvgIpc) is 2.64. The van der Waals surface area contributed by atoms with Crippen molar-refractivity contribution in [2.45, 2.75) is 26.8 Å². The van der Waals surface area contributed by atoms with Crippen LogP contribution in [0.5, 0.6) is 5.75 Å². The molecular formula is C19H18N8O2. The minimum absolute atomic E-state index is 0.0224. The minimum Gasteiger partial charge on any atom is -0.426 e.